The average molecular weight is 981 g/mol. The fraction of sp³-hybridized carbons (Fsp3) is 0.143. The average Bonchev–Trinajstić information content (AvgIpc) is 4.24. The van der Waals surface area contributed by atoms with Gasteiger partial charge in [-0.2, -0.15) is 5.26 Å². The minimum absolute atomic E-state index is 0.564. The molecule has 14 rings (SSSR count). The van der Waals surface area contributed by atoms with E-state index in [0.29, 0.717) is 5.56 Å². The Hall–Kier alpha value is -9.18. The minimum atomic E-state index is 0.564. The normalized spacial score (nSPS) is 12.1. The summed E-state index contributed by atoms with van der Waals surface area (Å²) >= 11 is 0. The molecule has 76 heavy (non-hydrogen) atoms. The Morgan fingerprint density at radius 2 is 0.513 bits per heavy atom. The maximum atomic E-state index is 12.8. The van der Waals surface area contributed by atoms with Gasteiger partial charge in [-0.3, -0.25) is 4.98 Å². The molecule has 0 saturated heterocycles. The molecule has 0 atom stereocenters. The van der Waals surface area contributed by atoms with Crippen LogP contribution in [0.2, 0.25) is 0 Å². The molecule has 5 aromatic heterocycles. The lowest BCUT2D eigenvalue weighted by Crippen LogP contribution is -2.17. The lowest BCUT2D eigenvalue weighted by Gasteiger charge is -2.29. The van der Waals surface area contributed by atoms with E-state index < -0.39 is 0 Å². The summed E-state index contributed by atoms with van der Waals surface area (Å²) in [6.45, 7) is 21.6. The van der Waals surface area contributed by atoms with Crippen molar-refractivity contribution in [1.82, 2.24) is 23.3 Å². The van der Waals surface area contributed by atoms with Gasteiger partial charge in [0.2, 0.25) is 0 Å². The van der Waals surface area contributed by atoms with Crippen molar-refractivity contribution >= 4 is 87.2 Å². The summed E-state index contributed by atoms with van der Waals surface area (Å²) in [5.41, 5.74) is 25.5. The summed E-state index contributed by atoms with van der Waals surface area (Å²) in [5.74, 6) is 0. The summed E-state index contributed by atoms with van der Waals surface area (Å²) in [4.78, 5) is 5.00. The highest BCUT2D eigenvalue weighted by molar-refractivity contribution is 6.17. The smallest absolute Gasteiger partial charge is 0.102 e. The van der Waals surface area contributed by atoms with Crippen LogP contribution < -0.4 is 0 Å². The molecule has 0 aliphatic rings. The molecule has 0 spiro atoms. The second kappa shape index (κ2) is 16.4. The molecule has 6 nitrogen and oxygen atoms in total. The molecule has 0 aliphatic heterocycles. The fourth-order valence-corrected chi connectivity index (χ4v) is 12.9. The molecular formula is C70H56N6. The van der Waals surface area contributed by atoms with E-state index in [2.05, 4.69) is 251 Å². The van der Waals surface area contributed by atoms with Gasteiger partial charge in [0, 0.05) is 60.0 Å². The van der Waals surface area contributed by atoms with Crippen molar-refractivity contribution in [3.8, 4) is 39.9 Å². The van der Waals surface area contributed by atoms with E-state index in [-0.39, 0.29) is 0 Å². The van der Waals surface area contributed by atoms with Crippen LogP contribution >= 0.6 is 0 Å². The molecule has 0 unspecified atom stereocenters. The number of aryl methyl sites for hydroxylation is 10. The van der Waals surface area contributed by atoms with Crippen LogP contribution in [0.5, 0.6) is 0 Å². The molecule has 9 aromatic carbocycles. The van der Waals surface area contributed by atoms with Gasteiger partial charge in [0.25, 0.3) is 0 Å². The molecule has 366 valence electrons. The van der Waals surface area contributed by atoms with E-state index in [1.54, 1.807) is 0 Å². The molecule has 0 N–H and O–H groups in total. The third-order valence-corrected chi connectivity index (χ3v) is 16.1. The first-order chi connectivity index (χ1) is 36.7. The number of aromatic nitrogens is 5. The Balaban J connectivity index is 1.39. The summed E-state index contributed by atoms with van der Waals surface area (Å²) in [7, 11) is 0. The molecule has 0 radical (unpaired) electrons. The Morgan fingerprint density at radius 3 is 0.763 bits per heavy atom. The van der Waals surface area contributed by atoms with E-state index >= 15 is 0 Å². The molecule has 0 amide bonds. The highest BCUT2D eigenvalue weighted by atomic mass is 15.1. The van der Waals surface area contributed by atoms with Crippen LogP contribution in [-0.4, -0.2) is 23.3 Å². The van der Waals surface area contributed by atoms with Crippen LogP contribution in [0.3, 0.4) is 0 Å². The number of nitrogens with zero attached hydrogens (tertiary/aromatic N) is 6. The number of nitriles is 1. The van der Waals surface area contributed by atoms with Crippen LogP contribution in [0.1, 0.15) is 61.5 Å². The van der Waals surface area contributed by atoms with Gasteiger partial charge < -0.3 is 18.3 Å². The minimum Gasteiger partial charge on any atom is -0.306 e. The van der Waals surface area contributed by atoms with Gasteiger partial charge >= 0.3 is 0 Å². The molecule has 0 aliphatic carbocycles. The first kappa shape index (κ1) is 45.4. The van der Waals surface area contributed by atoms with E-state index in [4.69, 9.17) is 4.98 Å². The fourth-order valence-electron chi connectivity index (χ4n) is 12.9. The predicted octanol–water partition coefficient (Wildman–Crippen LogP) is 18.1. The Morgan fingerprint density at radius 1 is 0.289 bits per heavy atom. The molecule has 5 heterocycles. The highest BCUT2D eigenvalue weighted by Gasteiger charge is 2.35. The van der Waals surface area contributed by atoms with Crippen LogP contribution in [0.4, 0.5) is 0 Å². The van der Waals surface area contributed by atoms with Gasteiger partial charge in [-0.25, -0.2) is 0 Å². The van der Waals surface area contributed by atoms with Gasteiger partial charge in [-0.15, -0.1) is 0 Å². The van der Waals surface area contributed by atoms with Crippen molar-refractivity contribution in [2.75, 3.05) is 0 Å². The largest absolute Gasteiger partial charge is 0.306 e. The third-order valence-electron chi connectivity index (χ3n) is 16.1. The molecule has 14 aromatic rings. The number of rotatable bonds is 5. The van der Waals surface area contributed by atoms with Gasteiger partial charge in [0.1, 0.15) is 6.07 Å². The molecule has 6 heteroatoms. The molecule has 0 bridgehead atoms. The number of hydrogen-bond donors (Lipinski definition) is 0. The summed E-state index contributed by atoms with van der Waals surface area (Å²) < 4.78 is 9.98. The first-order valence-corrected chi connectivity index (χ1v) is 26.4. The zero-order chi connectivity index (χ0) is 52.2. The topological polar surface area (TPSA) is 56.4 Å². The lowest BCUT2D eigenvalue weighted by molar-refractivity contribution is 1.02. The highest BCUT2D eigenvalue weighted by Crippen LogP contribution is 2.52. The molecule has 0 fully saturated rings. The van der Waals surface area contributed by atoms with Crippen molar-refractivity contribution in [3.05, 3.63) is 219 Å². The van der Waals surface area contributed by atoms with Crippen molar-refractivity contribution in [3.63, 3.8) is 0 Å². The second-order valence-corrected chi connectivity index (χ2v) is 21.9. The quantitative estimate of drug-likeness (QED) is 0.173. The summed E-state index contributed by atoms with van der Waals surface area (Å²) in [6.07, 6.45) is 0. The number of pyridine rings is 1. The van der Waals surface area contributed by atoms with Crippen LogP contribution in [-0.2, 0) is 0 Å². The predicted molar refractivity (Wildman–Crippen MR) is 319 cm³/mol. The Kier molecular flexibility index (Phi) is 9.81. The van der Waals surface area contributed by atoms with Gasteiger partial charge in [0.15, 0.2) is 0 Å². The molecule has 0 saturated carbocycles. The Labute approximate surface area is 441 Å². The molecular weight excluding hydrogens is 925 g/mol. The summed E-state index contributed by atoms with van der Waals surface area (Å²) in [6, 6.07) is 62.3. The van der Waals surface area contributed by atoms with E-state index in [9.17, 15) is 5.26 Å². The van der Waals surface area contributed by atoms with Crippen LogP contribution in [0.15, 0.2) is 158 Å². The van der Waals surface area contributed by atoms with E-state index in [1.807, 2.05) is 0 Å². The first-order valence-electron chi connectivity index (χ1n) is 26.4. The maximum absolute atomic E-state index is 12.8. The van der Waals surface area contributed by atoms with Crippen molar-refractivity contribution in [1.29, 1.82) is 5.26 Å². The summed E-state index contributed by atoms with van der Waals surface area (Å²) in [5, 5.41) is 22.0. The van der Waals surface area contributed by atoms with Crippen LogP contribution in [0.25, 0.3) is 121 Å². The van der Waals surface area contributed by atoms with Crippen molar-refractivity contribution in [2.45, 2.75) is 69.2 Å². The second-order valence-electron chi connectivity index (χ2n) is 21.9. The van der Waals surface area contributed by atoms with Gasteiger partial charge in [-0.1, -0.05) is 93.0 Å². The van der Waals surface area contributed by atoms with Crippen molar-refractivity contribution < 1.29 is 0 Å². The maximum Gasteiger partial charge on any atom is 0.102 e. The lowest BCUT2D eigenvalue weighted by atomic mass is 9.92. The standard InChI is InChI=1S/C70H56N6/c1-38-11-19-58-49(27-38)50-28-39(2)12-20-59(50)73(58)67-57(37-71)66(48-35-46(9)72-47(10)36-48)68(74-60-21-13-40(3)29-51(60)52-30-41(4)14-22-61(52)74)70(76-64-25-17-44(7)33-55(64)56-34-45(8)18-26-65(56)76)69(67)75-62-23-15-42(5)31-53(62)54-32-43(6)16-24-63(54)75/h11-36H,1-10H3. The van der Waals surface area contributed by atoms with E-state index in [0.717, 1.165) is 122 Å². The Bertz CT molecular complexity index is 4680. The van der Waals surface area contributed by atoms with Crippen molar-refractivity contribution in [2.24, 2.45) is 0 Å². The number of hydrogen-bond acceptors (Lipinski definition) is 2. The number of fused-ring (bicyclic) bond motifs is 12. The van der Waals surface area contributed by atoms with Gasteiger partial charge in [0.05, 0.1) is 72.4 Å². The zero-order valence-corrected chi connectivity index (χ0v) is 44.7. The monoisotopic (exact) mass is 980 g/mol. The van der Waals surface area contributed by atoms with Gasteiger partial charge in [-0.05, 0) is 184 Å². The van der Waals surface area contributed by atoms with E-state index in [1.165, 1.54) is 55.3 Å². The number of benzene rings is 9. The zero-order valence-electron chi connectivity index (χ0n) is 44.7. The third kappa shape index (κ3) is 6.55. The SMILES string of the molecule is Cc1ccc2c(c1)c1cc(C)ccc1n2-c1c(C#N)c(-c2cc(C)nc(C)c2)c(-n2c3ccc(C)cc3c3cc(C)ccc32)c(-n2c3ccc(C)cc3c3cc(C)ccc32)c1-n1c2ccc(C)cc2c2cc(C)ccc21. The van der Waals surface area contributed by atoms with Crippen LogP contribution in [0, 0.1) is 80.6 Å².